The quantitative estimate of drug-likeness (QED) is 0.773. The summed E-state index contributed by atoms with van der Waals surface area (Å²) in [4.78, 5) is 32.6. The van der Waals surface area contributed by atoms with Crippen molar-refractivity contribution in [3.63, 3.8) is 0 Å². The Morgan fingerprint density at radius 3 is 2.78 bits per heavy atom. The molecule has 3 aromatic rings. The Labute approximate surface area is 137 Å². The highest BCUT2D eigenvalue weighted by molar-refractivity contribution is 7.11. The summed E-state index contributed by atoms with van der Waals surface area (Å²) < 4.78 is 0. The van der Waals surface area contributed by atoms with Crippen LogP contribution in [-0.4, -0.2) is 15.9 Å². The molecule has 5 nitrogen and oxygen atoms in total. The van der Waals surface area contributed by atoms with Crippen LogP contribution in [-0.2, 0) is 6.42 Å². The van der Waals surface area contributed by atoms with E-state index in [9.17, 15) is 9.59 Å². The van der Waals surface area contributed by atoms with Crippen LogP contribution in [0.25, 0.3) is 10.8 Å². The van der Waals surface area contributed by atoms with E-state index in [-0.39, 0.29) is 17.5 Å². The summed E-state index contributed by atoms with van der Waals surface area (Å²) >= 11 is 1.60. The number of nitrogens with zero attached hydrogens (tertiary/aromatic N) is 1. The molecular formula is C17H17N3O2S. The van der Waals surface area contributed by atoms with E-state index in [2.05, 4.69) is 22.2 Å². The molecule has 0 aliphatic rings. The number of amides is 1. The summed E-state index contributed by atoms with van der Waals surface area (Å²) in [6.07, 6.45) is 4.24. The van der Waals surface area contributed by atoms with E-state index in [4.69, 9.17) is 0 Å². The van der Waals surface area contributed by atoms with Crippen molar-refractivity contribution in [2.24, 2.45) is 0 Å². The molecule has 1 amide bonds. The fraction of sp³-hybridized carbons (Fsp3) is 0.235. The zero-order valence-corrected chi connectivity index (χ0v) is 13.7. The molecule has 0 radical (unpaired) electrons. The largest absolute Gasteiger partial charge is 0.343 e. The van der Waals surface area contributed by atoms with Crippen molar-refractivity contribution in [1.82, 2.24) is 15.3 Å². The van der Waals surface area contributed by atoms with Crippen LogP contribution in [0.1, 0.15) is 40.1 Å². The van der Waals surface area contributed by atoms with Crippen LogP contribution >= 0.6 is 11.3 Å². The number of aryl methyl sites for hydroxylation is 1. The number of hydrogen-bond donors (Lipinski definition) is 2. The number of thiazole rings is 1. The topological polar surface area (TPSA) is 74.8 Å². The lowest BCUT2D eigenvalue weighted by atomic mass is 10.1. The van der Waals surface area contributed by atoms with E-state index in [1.54, 1.807) is 29.5 Å². The second-order valence-electron chi connectivity index (χ2n) is 5.29. The van der Waals surface area contributed by atoms with Crippen molar-refractivity contribution in [3.8, 4) is 0 Å². The Balaban J connectivity index is 1.89. The van der Waals surface area contributed by atoms with Gasteiger partial charge in [0.25, 0.3) is 11.5 Å². The standard InChI is InChI=1S/C17H17N3O2S/c1-3-11-8-19-17(23-11)10(2)20-16(22)14-9-18-15(21)13-7-5-4-6-12(13)14/h4-10H,3H2,1-2H3,(H,18,21)(H,20,22)/t10-/m1/s1. The second kappa shape index (κ2) is 6.34. The predicted molar refractivity (Wildman–Crippen MR) is 91.9 cm³/mol. The van der Waals surface area contributed by atoms with Gasteiger partial charge in [0.2, 0.25) is 0 Å². The molecule has 0 saturated heterocycles. The number of hydrogen-bond acceptors (Lipinski definition) is 4. The number of aromatic nitrogens is 2. The maximum absolute atomic E-state index is 12.6. The van der Waals surface area contributed by atoms with E-state index in [0.29, 0.717) is 16.3 Å². The Kier molecular flexibility index (Phi) is 4.25. The van der Waals surface area contributed by atoms with Gasteiger partial charge in [-0.1, -0.05) is 25.1 Å². The van der Waals surface area contributed by atoms with Crippen molar-refractivity contribution in [2.45, 2.75) is 26.3 Å². The molecular weight excluding hydrogens is 310 g/mol. The number of nitrogens with one attached hydrogen (secondary N) is 2. The van der Waals surface area contributed by atoms with Crippen LogP contribution in [0.3, 0.4) is 0 Å². The molecule has 23 heavy (non-hydrogen) atoms. The Bertz CT molecular complexity index is 913. The van der Waals surface area contributed by atoms with Gasteiger partial charge in [-0.25, -0.2) is 4.98 Å². The number of carbonyl (C=O) groups excluding carboxylic acids is 1. The number of pyridine rings is 1. The molecule has 2 heterocycles. The summed E-state index contributed by atoms with van der Waals surface area (Å²) in [6, 6.07) is 6.91. The van der Waals surface area contributed by atoms with Gasteiger partial charge in [0.05, 0.1) is 11.6 Å². The third kappa shape index (κ3) is 3.03. The molecule has 0 aliphatic heterocycles. The normalized spacial score (nSPS) is 12.3. The van der Waals surface area contributed by atoms with Gasteiger partial charge in [0.15, 0.2) is 0 Å². The third-order valence-corrected chi connectivity index (χ3v) is 5.02. The first-order valence-electron chi connectivity index (χ1n) is 7.46. The first-order valence-corrected chi connectivity index (χ1v) is 8.27. The number of rotatable bonds is 4. The lowest BCUT2D eigenvalue weighted by Gasteiger charge is -2.12. The molecule has 6 heteroatoms. The van der Waals surface area contributed by atoms with Crippen molar-refractivity contribution >= 4 is 28.0 Å². The van der Waals surface area contributed by atoms with Gasteiger partial charge in [0, 0.05) is 28.0 Å². The number of carbonyl (C=O) groups is 1. The molecule has 2 aromatic heterocycles. The third-order valence-electron chi connectivity index (χ3n) is 3.69. The molecule has 1 aromatic carbocycles. The van der Waals surface area contributed by atoms with Crippen molar-refractivity contribution < 1.29 is 4.79 Å². The summed E-state index contributed by atoms with van der Waals surface area (Å²) in [6.45, 7) is 3.98. The fourth-order valence-electron chi connectivity index (χ4n) is 2.42. The van der Waals surface area contributed by atoms with E-state index < -0.39 is 0 Å². The van der Waals surface area contributed by atoms with Crippen LogP contribution in [0, 0.1) is 0 Å². The zero-order valence-electron chi connectivity index (χ0n) is 12.9. The minimum Gasteiger partial charge on any atom is -0.343 e. The van der Waals surface area contributed by atoms with Gasteiger partial charge in [0.1, 0.15) is 5.01 Å². The molecule has 3 rings (SSSR count). The molecule has 1 atom stereocenters. The Morgan fingerprint density at radius 1 is 1.35 bits per heavy atom. The molecule has 0 spiro atoms. The Morgan fingerprint density at radius 2 is 2.09 bits per heavy atom. The number of aromatic amines is 1. The van der Waals surface area contributed by atoms with Gasteiger partial charge >= 0.3 is 0 Å². The van der Waals surface area contributed by atoms with Crippen molar-refractivity contribution in [2.75, 3.05) is 0 Å². The number of H-pyrrole nitrogens is 1. The van der Waals surface area contributed by atoms with Crippen molar-refractivity contribution in [3.05, 3.63) is 62.5 Å². The Hall–Kier alpha value is -2.47. The van der Waals surface area contributed by atoms with Gasteiger partial charge in [-0.3, -0.25) is 9.59 Å². The van der Waals surface area contributed by atoms with E-state index in [0.717, 1.165) is 11.4 Å². The minimum atomic E-state index is -0.224. The van der Waals surface area contributed by atoms with Crippen LogP contribution < -0.4 is 10.9 Å². The van der Waals surface area contributed by atoms with Crippen LogP contribution in [0.4, 0.5) is 0 Å². The first kappa shape index (κ1) is 15.4. The van der Waals surface area contributed by atoms with Gasteiger partial charge in [-0.2, -0.15) is 0 Å². The summed E-state index contributed by atoms with van der Waals surface area (Å²) in [7, 11) is 0. The SMILES string of the molecule is CCc1cnc([C@@H](C)NC(=O)c2c[nH]c(=O)c3ccccc23)s1. The molecule has 0 aliphatic carbocycles. The van der Waals surface area contributed by atoms with Crippen LogP contribution in [0.5, 0.6) is 0 Å². The fourth-order valence-corrected chi connectivity index (χ4v) is 3.28. The lowest BCUT2D eigenvalue weighted by Crippen LogP contribution is -2.27. The summed E-state index contributed by atoms with van der Waals surface area (Å²) in [5.74, 6) is -0.224. The predicted octanol–water partition coefficient (Wildman–Crippen LogP) is 3.04. The van der Waals surface area contributed by atoms with E-state index in [1.165, 1.54) is 11.1 Å². The van der Waals surface area contributed by atoms with E-state index >= 15 is 0 Å². The average Bonchev–Trinajstić information content (AvgIpc) is 3.04. The highest BCUT2D eigenvalue weighted by Crippen LogP contribution is 2.21. The zero-order chi connectivity index (χ0) is 16.4. The van der Waals surface area contributed by atoms with E-state index in [1.807, 2.05) is 19.2 Å². The molecule has 0 unspecified atom stereocenters. The maximum Gasteiger partial charge on any atom is 0.255 e. The number of benzene rings is 1. The monoisotopic (exact) mass is 327 g/mol. The average molecular weight is 327 g/mol. The van der Waals surface area contributed by atoms with Gasteiger partial charge in [-0.15, -0.1) is 11.3 Å². The molecule has 118 valence electrons. The van der Waals surface area contributed by atoms with Crippen LogP contribution in [0.15, 0.2) is 41.5 Å². The molecule has 0 saturated carbocycles. The second-order valence-corrected chi connectivity index (χ2v) is 6.44. The molecule has 0 bridgehead atoms. The lowest BCUT2D eigenvalue weighted by molar-refractivity contribution is 0.0941. The minimum absolute atomic E-state index is 0.182. The summed E-state index contributed by atoms with van der Waals surface area (Å²) in [5.41, 5.74) is 0.261. The van der Waals surface area contributed by atoms with Crippen molar-refractivity contribution in [1.29, 1.82) is 0 Å². The molecule has 0 fully saturated rings. The van der Waals surface area contributed by atoms with Crippen LogP contribution in [0.2, 0.25) is 0 Å². The molecule has 2 N–H and O–H groups in total. The highest BCUT2D eigenvalue weighted by Gasteiger charge is 2.17. The van der Waals surface area contributed by atoms with Gasteiger partial charge in [-0.05, 0) is 19.4 Å². The summed E-state index contributed by atoms with van der Waals surface area (Å²) in [5, 5.41) is 4.98. The van der Waals surface area contributed by atoms with Gasteiger partial charge < -0.3 is 10.3 Å². The first-order chi connectivity index (χ1) is 11.1. The number of fused-ring (bicyclic) bond motifs is 1. The maximum atomic E-state index is 12.6. The highest BCUT2D eigenvalue weighted by atomic mass is 32.1. The smallest absolute Gasteiger partial charge is 0.255 e.